The molecular weight excluding hydrogens is 308 g/mol. The molecule has 0 saturated heterocycles. The van der Waals surface area contributed by atoms with Gasteiger partial charge in [0.25, 0.3) is 0 Å². The van der Waals surface area contributed by atoms with E-state index in [2.05, 4.69) is 22.9 Å². The van der Waals surface area contributed by atoms with E-state index in [4.69, 9.17) is 13.9 Å². The fourth-order valence-corrected chi connectivity index (χ4v) is 2.75. The highest BCUT2D eigenvalue weighted by Crippen LogP contribution is 2.38. The number of hydrogen-bond donors (Lipinski definition) is 0. The van der Waals surface area contributed by atoms with Gasteiger partial charge in [-0.25, -0.2) is 0 Å². The summed E-state index contributed by atoms with van der Waals surface area (Å²) in [6, 6.07) is 7.90. The number of rotatable bonds is 5. The summed E-state index contributed by atoms with van der Waals surface area (Å²) >= 11 is 3.72. The molecule has 4 heteroatoms. The molecule has 1 atom stereocenters. The molecule has 3 nitrogen and oxygen atoms in total. The third-order valence-electron chi connectivity index (χ3n) is 3.07. The number of furan rings is 1. The zero-order chi connectivity index (χ0) is 13.8. The van der Waals surface area contributed by atoms with Crippen LogP contribution in [-0.2, 0) is 6.42 Å². The largest absolute Gasteiger partial charge is 0.493 e. The van der Waals surface area contributed by atoms with E-state index in [0.29, 0.717) is 0 Å². The van der Waals surface area contributed by atoms with Crippen molar-refractivity contribution >= 4 is 15.9 Å². The molecule has 2 rings (SSSR count). The molecule has 0 aliphatic carbocycles. The Labute approximate surface area is 121 Å². The number of aryl methyl sites for hydroxylation is 1. The molecule has 1 aromatic heterocycles. The maximum absolute atomic E-state index is 5.47. The summed E-state index contributed by atoms with van der Waals surface area (Å²) in [5.41, 5.74) is 2.25. The van der Waals surface area contributed by atoms with Gasteiger partial charge >= 0.3 is 0 Å². The van der Waals surface area contributed by atoms with Crippen LogP contribution in [0.1, 0.15) is 28.6 Å². The lowest BCUT2D eigenvalue weighted by Crippen LogP contribution is -1.97. The molecule has 0 fully saturated rings. The molecule has 0 spiro atoms. The lowest BCUT2D eigenvalue weighted by Gasteiger charge is -2.13. The fraction of sp³-hybridized carbons (Fsp3) is 0.333. The van der Waals surface area contributed by atoms with Crippen molar-refractivity contribution in [2.75, 3.05) is 14.2 Å². The first-order valence-corrected chi connectivity index (χ1v) is 7.05. The normalized spacial score (nSPS) is 12.2. The van der Waals surface area contributed by atoms with Gasteiger partial charge in [-0.2, -0.15) is 0 Å². The van der Waals surface area contributed by atoms with Gasteiger partial charge < -0.3 is 13.9 Å². The average molecular weight is 325 g/mol. The van der Waals surface area contributed by atoms with Gasteiger partial charge in [0.1, 0.15) is 5.76 Å². The Morgan fingerprint density at radius 2 is 1.89 bits per heavy atom. The Morgan fingerprint density at radius 1 is 1.16 bits per heavy atom. The molecule has 0 aliphatic heterocycles. The predicted molar refractivity (Wildman–Crippen MR) is 78.4 cm³/mol. The van der Waals surface area contributed by atoms with Gasteiger partial charge in [0.15, 0.2) is 11.5 Å². The van der Waals surface area contributed by atoms with E-state index in [1.54, 1.807) is 20.5 Å². The Morgan fingerprint density at radius 3 is 2.53 bits per heavy atom. The lowest BCUT2D eigenvalue weighted by atomic mass is 10.0. The van der Waals surface area contributed by atoms with Crippen LogP contribution < -0.4 is 9.47 Å². The van der Waals surface area contributed by atoms with Crippen LogP contribution in [0.5, 0.6) is 11.5 Å². The number of ether oxygens (including phenoxy) is 2. The van der Waals surface area contributed by atoms with Crippen molar-refractivity contribution in [3.63, 3.8) is 0 Å². The van der Waals surface area contributed by atoms with E-state index >= 15 is 0 Å². The molecule has 19 heavy (non-hydrogen) atoms. The number of alkyl halides is 1. The number of methoxy groups -OCH3 is 2. The lowest BCUT2D eigenvalue weighted by molar-refractivity contribution is 0.354. The van der Waals surface area contributed by atoms with E-state index in [0.717, 1.165) is 34.8 Å². The third-order valence-corrected chi connectivity index (χ3v) is 4.10. The van der Waals surface area contributed by atoms with E-state index < -0.39 is 0 Å². The molecule has 0 aliphatic rings. The summed E-state index contributed by atoms with van der Waals surface area (Å²) in [6.07, 6.45) is 2.60. The molecule has 0 bridgehead atoms. The number of halogens is 1. The van der Waals surface area contributed by atoms with Crippen LogP contribution >= 0.6 is 15.9 Å². The summed E-state index contributed by atoms with van der Waals surface area (Å²) in [7, 11) is 3.27. The van der Waals surface area contributed by atoms with E-state index in [-0.39, 0.29) is 4.83 Å². The minimum atomic E-state index is 0.0843. The Kier molecular flexibility index (Phi) is 4.53. The quantitative estimate of drug-likeness (QED) is 0.766. The first-order chi connectivity index (χ1) is 9.21. The summed E-state index contributed by atoms with van der Waals surface area (Å²) in [5.74, 6) is 2.46. The van der Waals surface area contributed by atoms with Crippen molar-refractivity contribution < 1.29 is 13.9 Å². The van der Waals surface area contributed by atoms with E-state index in [1.807, 2.05) is 24.3 Å². The zero-order valence-corrected chi connectivity index (χ0v) is 12.9. The van der Waals surface area contributed by atoms with Crippen LogP contribution in [0.25, 0.3) is 0 Å². The molecule has 0 N–H and O–H groups in total. The van der Waals surface area contributed by atoms with Gasteiger partial charge in [-0.1, -0.05) is 28.9 Å². The molecule has 0 saturated carbocycles. The van der Waals surface area contributed by atoms with Crippen LogP contribution in [-0.4, -0.2) is 14.2 Å². The second kappa shape index (κ2) is 6.15. The molecular formula is C15H17BrO3. The van der Waals surface area contributed by atoms with Gasteiger partial charge in [0, 0.05) is 12.0 Å². The molecule has 0 radical (unpaired) electrons. The number of hydrogen-bond acceptors (Lipinski definition) is 3. The van der Waals surface area contributed by atoms with Crippen molar-refractivity contribution in [3.05, 3.63) is 47.4 Å². The smallest absolute Gasteiger partial charge is 0.161 e. The van der Waals surface area contributed by atoms with Crippen molar-refractivity contribution in [2.24, 2.45) is 0 Å². The highest BCUT2D eigenvalue weighted by molar-refractivity contribution is 9.09. The molecule has 2 aromatic rings. The van der Waals surface area contributed by atoms with Gasteiger partial charge in [-0.05, 0) is 23.8 Å². The van der Waals surface area contributed by atoms with Gasteiger partial charge in [0.2, 0.25) is 0 Å². The van der Waals surface area contributed by atoms with Crippen LogP contribution in [0.2, 0.25) is 0 Å². The number of benzene rings is 1. The molecule has 102 valence electrons. The topological polar surface area (TPSA) is 31.6 Å². The summed E-state index contributed by atoms with van der Waals surface area (Å²) < 4.78 is 16.1. The van der Waals surface area contributed by atoms with Crippen LogP contribution in [0.4, 0.5) is 0 Å². The second-order valence-corrected chi connectivity index (χ2v) is 5.05. The van der Waals surface area contributed by atoms with Crippen LogP contribution in [0.15, 0.2) is 34.9 Å². The van der Waals surface area contributed by atoms with E-state index in [9.17, 15) is 0 Å². The van der Waals surface area contributed by atoms with Crippen molar-refractivity contribution in [1.82, 2.24) is 0 Å². The maximum Gasteiger partial charge on any atom is 0.161 e. The standard InChI is InChI=1S/C15H17BrO3/c1-4-12-11(7-8-19-12)15(16)10-5-6-13(17-2)14(9-10)18-3/h5-9,15H,4H2,1-3H3. The summed E-state index contributed by atoms with van der Waals surface area (Å²) in [4.78, 5) is 0.0843. The minimum absolute atomic E-state index is 0.0843. The monoisotopic (exact) mass is 324 g/mol. The molecule has 1 heterocycles. The highest BCUT2D eigenvalue weighted by atomic mass is 79.9. The molecule has 1 aromatic carbocycles. The van der Waals surface area contributed by atoms with Crippen LogP contribution in [0.3, 0.4) is 0 Å². The summed E-state index contributed by atoms with van der Waals surface area (Å²) in [5, 5.41) is 0. The van der Waals surface area contributed by atoms with Crippen LogP contribution in [0, 0.1) is 0 Å². The van der Waals surface area contributed by atoms with Gasteiger partial charge in [0.05, 0.1) is 25.3 Å². The summed E-state index contributed by atoms with van der Waals surface area (Å²) in [6.45, 7) is 2.08. The van der Waals surface area contributed by atoms with Gasteiger partial charge in [-0.3, -0.25) is 0 Å². The van der Waals surface area contributed by atoms with E-state index in [1.165, 1.54) is 0 Å². The van der Waals surface area contributed by atoms with Crippen molar-refractivity contribution in [2.45, 2.75) is 18.2 Å². The maximum atomic E-state index is 5.47. The Hall–Kier alpha value is -1.42. The molecule has 0 amide bonds. The first-order valence-electron chi connectivity index (χ1n) is 6.13. The zero-order valence-electron chi connectivity index (χ0n) is 11.3. The Balaban J connectivity index is 2.36. The van der Waals surface area contributed by atoms with Crippen molar-refractivity contribution in [3.8, 4) is 11.5 Å². The molecule has 1 unspecified atom stereocenters. The first kappa shape index (κ1) is 14.0. The van der Waals surface area contributed by atoms with Crippen molar-refractivity contribution in [1.29, 1.82) is 0 Å². The Bertz CT molecular complexity index is 548. The SMILES string of the molecule is CCc1occc1C(Br)c1ccc(OC)c(OC)c1. The average Bonchev–Trinajstić information content (AvgIpc) is 2.94. The minimum Gasteiger partial charge on any atom is -0.493 e. The second-order valence-electron chi connectivity index (χ2n) is 4.13. The fourth-order valence-electron chi connectivity index (χ4n) is 2.05. The predicted octanol–water partition coefficient (Wildman–Crippen LogP) is 4.34. The third kappa shape index (κ3) is 2.78. The van der Waals surface area contributed by atoms with Gasteiger partial charge in [-0.15, -0.1) is 0 Å². The highest BCUT2D eigenvalue weighted by Gasteiger charge is 2.17.